The summed E-state index contributed by atoms with van der Waals surface area (Å²) in [5, 5.41) is 9.58. The molecule has 0 amide bonds. The molecule has 0 bridgehead atoms. The van der Waals surface area contributed by atoms with Crippen LogP contribution in [0.25, 0.3) is 16.7 Å². The zero-order valence-corrected chi connectivity index (χ0v) is 14.9. The summed E-state index contributed by atoms with van der Waals surface area (Å²) in [6, 6.07) is 8.16. The van der Waals surface area contributed by atoms with Gasteiger partial charge in [0.1, 0.15) is 12.1 Å². The van der Waals surface area contributed by atoms with Gasteiger partial charge in [-0.3, -0.25) is 4.90 Å². The van der Waals surface area contributed by atoms with E-state index in [0.29, 0.717) is 11.1 Å². The van der Waals surface area contributed by atoms with Gasteiger partial charge in [-0.2, -0.15) is 5.10 Å². The number of hydrogen-bond donors (Lipinski definition) is 1. The number of aromatic nitrogens is 4. The largest absolute Gasteiger partial charge is 0.368 e. The van der Waals surface area contributed by atoms with Crippen molar-refractivity contribution in [1.29, 1.82) is 0 Å². The lowest BCUT2D eigenvalue weighted by Crippen LogP contribution is -2.34. The van der Waals surface area contributed by atoms with Crippen molar-refractivity contribution in [1.82, 2.24) is 24.6 Å². The Bertz CT molecular complexity index is 877. The van der Waals surface area contributed by atoms with Crippen LogP contribution >= 0.6 is 11.6 Å². The van der Waals surface area contributed by atoms with Crippen LogP contribution in [0.3, 0.4) is 0 Å². The average Bonchev–Trinajstić information content (AvgIpc) is 3.26. The van der Waals surface area contributed by atoms with Crippen molar-refractivity contribution < 1.29 is 0 Å². The molecular weight excluding hydrogens is 336 g/mol. The van der Waals surface area contributed by atoms with E-state index in [1.807, 2.05) is 30.5 Å². The Labute approximate surface area is 151 Å². The molecule has 1 aliphatic heterocycles. The molecular formula is C18H21ClN6. The Morgan fingerprint density at radius 2 is 2.24 bits per heavy atom. The monoisotopic (exact) mass is 356 g/mol. The maximum Gasteiger partial charge on any atom is 0.168 e. The molecule has 1 atom stereocenters. The number of anilines is 1. The third kappa shape index (κ3) is 3.19. The Balaban J connectivity index is 1.61. The summed E-state index contributed by atoms with van der Waals surface area (Å²) in [6.07, 6.45) is 5.90. The van der Waals surface area contributed by atoms with Crippen LogP contribution in [0.15, 0.2) is 36.8 Å². The highest BCUT2D eigenvalue weighted by Gasteiger charge is 2.23. The summed E-state index contributed by atoms with van der Waals surface area (Å²) in [7, 11) is 0. The van der Waals surface area contributed by atoms with Crippen LogP contribution in [0, 0.1) is 0 Å². The highest BCUT2D eigenvalue weighted by atomic mass is 35.5. The molecule has 130 valence electrons. The van der Waals surface area contributed by atoms with E-state index in [-0.39, 0.29) is 0 Å². The maximum absolute atomic E-state index is 6.10. The second-order valence-corrected chi connectivity index (χ2v) is 6.74. The molecule has 4 rings (SSSR count). The zero-order chi connectivity index (χ0) is 17.2. The van der Waals surface area contributed by atoms with Gasteiger partial charge in [-0.15, -0.1) is 0 Å². The highest BCUT2D eigenvalue weighted by Crippen LogP contribution is 2.24. The van der Waals surface area contributed by atoms with E-state index in [0.717, 1.165) is 35.6 Å². The SMILES string of the molecule is CCN1CCC[C@@H]1CNc1ncnc2c1cnn2-c1cccc(Cl)c1. The standard InChI is InChI=1S/C18H21ClN6/c1-2-24-8-4-7-15(24)10-20-17-16-11-23-25(18(16)22-12-21-17)14-6-3-5-13(19)9-14/h3,5-6,9,11-12,15H,2,4,7-8,10H2,1H3,(H,20,21,22)/t15-/m1/s1. The van der Waals surface area contributed by atoms with E-state index in [2.05, 4.69) is 32.2 Å². The van der Waals surface area contributed by atoms with Crippen LogP contribution in [-0.4, -0.2) is 50.3 Å². The lowest BCUT2D eigenvalue weighted by molar-refractivity contribution is 0.277. The smallest absolute Gasteiger partial charge is 0.168 e. The number of halogens is 1. The van der Waals surface area contributed by atoms with E-state index in [1.165, 1.54) is 19.4 Å². The van der Waals surface area contributed by atoms with Crippen molar-refractivity contribution in [3.8, 4) is 5.69 Å². The molecule has 1 aromatic carbocycles. The molecule has 25 heavy (non-hydrogen) atoms. The lowest BCUT2D eigenvalue weighted by atomic mass is 10.2. The molecule has 0 saturated carbocycles. The van der Waals surface area contributed by atoms with Crippen LogP contribution < -0.4 is 5.32 Å². The fraction of sp³-hybridized carbons (Fsp3) is 0.389. The fourth-order valence-corrected chi connectivity index (χ4v) is 3.72. The van der Waals surface area contributed by atoms with Gasteiger partial charge in [0.15, 0.2) is 5.65 Å². The van der Waals surface area contributed by atoms with Crippen molar-refractivity contribution in [2.24, 2.45) is 0 Å². The first-order valence-electron chi connectivity index (χ1n) is 8.69. The first kappa shape index (κ1) is 16.3. The molecule has 7 heteroatoms. The number of likely N-dealkylation sites (N-methyl/N-ethyl adjacent to an activating group) is 1. The number of benzene rings is 1. The van der Waals surface area contributed by atoms with Gasteiger partial charge in [0.05, 0.1) is 17.3 Å². The molecule has 0 aliphatic carbocycles. The molecule has 3 aromatic rings. The molecule has 0 radical (unpaired) electrons. The number of hydrogen-bond acceptors (Lipinski definition) is 5. The summed E-state index contributed by atoms with van der Waals surface area (Å²) >= 11 is 6.10. The Hall–Kier alpha value is -2.18. The maximum atomic E-state index is 6.10. The fourth-order valence-electron chi connectivity index (χ4n) is 3.54. The first-order valence-corrected chi connectivity index (χ1v) is 9.06. The first-order chi connectivity index (χ1) is 12.3. The predicted molar refractivity (Wildman–Crippen MR) is 100 cm³/mol. The van der Waals surface area contributed by atoms with Crippen molar-refractivity contribution >= 4 is 28.5 Å². The summed E-state index contributed by atoms with van der Waals surface area (Å²) < 4.78 is 1.79. The van der Waals surface area contributed by atoms with Crippen molar-refractivity contribution in [2.45, 2.75) is 25.8 Å². The normalized spacial score (nSPS) is 18.1. The molecule has 1 fully saturated rings. The Morgan fingerprint density at radius 1 is 1.32 bits per heavy atom. The van der Waals surface area contributed by atoms with Gasteiger partial charge in [-0.05, 0) is 44.1 Å². The van der Waals surface area contributed by atoms with Gasteiger partial charge in [-0.1, -0.05) is 24.6 Å². The van der Waals surface area contributed by atoms with Gasteiger partial charge >= 0.3 is 0 Å². The zero-order valence-electron chi connectivity index (χ0n) is 14.2. The Kier molecular flexibility index (Phi) is 4.55. The minimum Gasteiger partial charge on any atom is -0.368 e. The Morgan fingerprint density at radius 3 is 3.08 bits per heavy atom. The third-order valence-corrected chi connectivity index (χ3v) is 5.06. The van der Waals surface area contributed by atoms with E-state index >= 15 is 0 Å². The number of nitrogens with zero attached hydrogens (tertiary/aromatic N) is 5. The summed E-state index contributed by atoms with van der Waals surface area (Å²) in [5.74, 6) is 0.834. The highest BCUT2D eigenvalue weighted by molar-refractivity contribution is 6.30. The quantitative estimate of drug-likeness (QED) is 0.759. The molecule has 0 unspecified atom stereocenters. The van der Waals surface area contributed by atoms with Gasteiger partial charge < -0.3 is 5.32 Å². The van der Waals surface area contributed by atoms with Crippen molar-refractivity contribution in [3.05, 3.63) is 41.8 Å². The minimum atomic E-state index is 0.568. The van der Waals surface area contributed by atoms with Gasteiger partial charge in [0, 0.05) is 17.6 Å². The van der Waals surface area contributed by atoms with E-state index in [1.54, 1.807) is 11.0 Å². The second-order valence-electron chi connectivity index (χ2n) is 6.30. The number of nitrogens with one attached hydrogen (secondary N) is 1. The minimum absolute atomic E-state index is 0.568. The van der Waals surface area contributed by atoms with E-state index in [4.69, 9.17) is 11.6 Å². The van der Waals surface area contributed by atoms with Crippen molar-refractivity contribution in [2.75, 3.05) is 25.0 Å². The topological polar surface area (TPSA) is 58.9 Å². The van der Waals surface area contributed by atoms with Crippen LogP contribution in [0.2, 0.25) is 5.02 Å². The second kappa shape index (κ2) is 6.98. The van der Waals surface area contributed by atoms with E-state index < -0.39 is 0 Å². The summed E-state index contributed by atoms with van der Waals surface area (Å²) in [4.78, 5) is 11.4. The van der Waals surface area contributed by atoms with Crippen LogP contribution in [-0.2, 0) is 0 Å². The summed E-state index contributed by atoms with van der Waals surface area (Å²) in [5.41, 5.74) is 1.67. The molecule has 1 saturated heterocycles. The van der Waals surface area contributed by atoms with Crippen LogP contribution in [0.5, 0.6) is 0 Å². The average molecular weight is 357 g/mol. The van der Waals surface area contributed by atoms with Crippen LogP contribution in [0.1, 0.15) is 19.8 Å². The van der Waals surface area contributed by atoms with Gasteiger partial charge in [0.2, 0.25) is 0 Å². The van der Waals surface area contributed by atoms with Crippen molar-refractivity contribution in [3.63, 3.8) is 0 Å². The molecule has 6 nitrogen and oxygen atoms in total. The molecule has 1 N–H and O–H groups in total. The number of rotatable bonds is 5. The van der Waals surface area contributed by atoms with Gasteiger partial charge in [0.25, 0.3) is 0 Å². The van der Waals surface area contributed by atoms with Gasteiger partial charge in [-0.25, -0.2) is 14.6 Å². The number of fused-ring (bicyclic) bond motifs is 1. The number of likely N-dealkylation sites (tertiary alicyclic amines) is 1. The lowest BCUT2D eigenvalue weighted by Gasteiger charge is -2.23. The summed E-state index contributed by atoms with van der Waals surface area (Å²) in [6.45, 7) is 5.39. The third-order valence-electron chi connectivity index (χ3n) is 4.83. The van der Waals surface area contributed by atoms with E-state index in [9.17, 15) is 0 Å². The van der Waals surface area contributed by atoms with Crippen LogP contribution in [0.4, 0.5) is 5.82 Å². The predicted octanol–water partition coefficient (Wildman–Crippen LogP) is 3.37. The molecule has 3 heterocycles. The molecule has 0 spiro atoms. The molecule has 1 aliphatic rings. The molecule has 2 aromatic heterocycles.